The van der Waals surface area contributed by atoms with E-state index in [1.807, 2.05) is 13.8 Å². The van der Waals surface area contributed by atoms with Crippen LogP contribution in [0.3, 0.4) is 0 Å². The molecule has 0 bridgehead atoms. The summed E-state index contributed by atoms with van der Waals surface area (Å²) in [5.74, 6) is 0.671. The Hall–Kier alpha value is -2.48. The van der Waals surface area contributed by atoms with E-state index in [2.05, 4.69) is 10.1 Å². The first-order chi connectivity index (χ1) is 9.93. The molecule has 1 unspecified atom stereocenters. The van der Waals surface area contributed by atoms with Crippen LogP contribution in [0.4, 0.5) is 11.4 Å². The van der Waals surface area contributed by atoms with Gasteiger partial charge < -0.3 is 15.0 Å². The molecule has 0 spiro atoms. The Balaban J connectivity index is 2.42. The number of nitrogen functional groups attached to an aromatic ring is 1. The molecule has 0 saturated carbocycles. The number of nitro groups is 1. The van der Waals surface area contributed by atoms with Crippen LogP contribution in [0, 0.1) is 16.0 Å². The molecule has 2 aromatic rings. The lowest BCUT2D eigenvalue weighted by Gasteiger charge is -2.14. The smallest absolute Gasteiger partial charge is 0.270 e. The van der Waals surface area contributed by atoms with E-state index in [0.29, 0.717) is 17.1 Å². The van der Waals surface area contributed by atoms with Gasteiger partial charge in [0.1, 0.15) is 6.10 Å². The molecule has 1 atom stereocenters. The van der Waals surface area contributed by atoms with Crippen LogP contribution in [0.2, 0.25) is 0 Å². The van der Waals surface area contributed by atoms with Crippen molar-refractivity contribution in [3.63, 3.8) is 0 Å². The van der Waals surface area contributed by atoms with Crippen molar-refractivity contribution in [1.29, 1.82) is 0 Å². The van der Waals surface area contributed by atoms with Gasteiger partial charge in [-0.05, 0) is 12.0 Å². The van der Waals surface area contributed by atoms with Crippen molar-refractivity contribution >= 4 is 11.4 Å². The molecule has 112 valence electrons. The maximum atomic E-state index is 10.8. The van der Waals surface area contributed by atoms with Gasteiger partial charge in [0.25, 0.3) is 11.6 Å². The fraction of sp³-hybridized carbons (Fsp3) is 0.385. The molecular formula is C13H16N4O4. The molecule has 1 aromatic heterocycles. The third kappa shape index (κ3) is 3.00. The number of nitrogens with two attached hydrogens (primary N) is 1. The second kappa shape index (κ2) is 5.88. The molecule has 0 amide bonds. The van der Waals surface area contributed by atoms with Crippen molar-refractivity contribution in [1.82, 2.24) is 10.1 Å². The lowest BCUT2D eigenvalue weighted by atomic mass is 10.1. The van der Waals surface area contributed by atoms with Gasteiger partial charge in [-0.15, -0.1) is 0 Å². The van der Waals surface area contributed by atoms with Gasteiger partial charge in [0.15, 0.2) is 0 Å². The summed E-state index contributed by atoms with van der Waals surface area (Å²) < 4.78 is 10.5. The van der Waals surface area contributed by atoms with Crippen LogP contribution < -0.4 is 5.73 Å². The lowest BCUT2D eigenvalue weighted by molar-refractivity contribution is -0.384. The van der Waals surface area contributed by atoms with Gasteiger partial charge in [-0.3, -0.25) is 10.1 Å². The van der Waals surface area contributed by atoms with Gasteiger partial charge in [-0.1, -0.05) is 19.0 Å². The summed E-state index contributed by atoms with van der Waals surface area (Å²) in [6.07, 6.45) is -0.317. The molecule has 1 aromatic carbocycles. The molecule has 21 heavy (non-hydrogen) atoms. The molecule has 2 N–H and O–H groups in total. The average Bonchev–Trinajstić information content (AvgIpc) is 2.88. The maximum absolute atomic E-state index is 10.8. The largest absolute Gasteiger partial charge is 0.398 e. The third-order valence-electron chi connectivity index (χ3n) is 3.03. The summed E-state index contributed by atoms with van der Waals surface area (Å²) in [6, 6.07) is 4.07. The summed E-state index contributed by atoms with van der Waals surface area (Å²) in [7, 11) is 1.56. The molecule has 0 aliphatic heterocycles. The number of nitrogens with zero attached hydrogens (tertiary/aromatic N) is 3. The number of non-ortho nitro benzene ring substituents is 1. The highest BCUT2D eigenvalue weighted by Gasteiger charge is 2.23. The van der Waals surface area contributed by atoms with Gasteiger partial charge >= 0.3 is 0 Å². The summed E-state index contributed by atoms with van der Waals surface area (Å²) in [6.45, 7) is 3.93. The fourth-order valence-corrected chi connectivity index (χ4v) is 1.98. The number of hydrogen-bond donors (Lipinski definition) is 1. The SMILES string of the molecule is COC(c1noc(-c2cc([N+](=O)[O-])ccc2N)n1)C(C)C. The Kier molecular flexibility index (Phi) is 4.18. The molecule has 2 rings (SSSR count). The van der Waals surface area contributed by atoms with Crippen LogP contribution in [-0.2, 0) is 4.74 Å². The number of aromatic nitrogens is 2. The number of anilines is 1. The van der Waals surface area contributed by atoms with E-state index in [-0.39, 0.29) is 23.6 Å². The van der Waals surface area contributed by atoms with Crippen LogP contribution in [-0.4, -0.2) is 22.2 Å². The lowest BCUT2D eigenvalue weighted by Crippen LogP contribution is -2.10. The summed E-state index contributed by atoms with van der Waals surface area (Å²) in [5, 5.41) is 14.7. The van der Waals surface area contributed by atoms with E-state index < -0.39 is 4.92 Å². The highest BCUT2D eigenvalue weighted by atomic mass is 16.6. The van der Waals surface area contributed by atoms with Crippen molar-refractivity contribution < 1.29 is 14.2 Å². The minimum Gasteiger partial charge on any atom is -0.398 e. The monoisotopic (exact) mass is 292 g/mol. The Bertz CT molecular complexity index is 653. The zero-order chi connectivity index (χ0) is 15.6. The second-order valence-corrected chi connectivity index (χ2v) is 4.89. The average molecular weight is 292 g/mol. The first-order valence-electron chi connectivity index (χ1n) is 6.34. The molecule has 0 fully saturated rings. The fourth-order valence-electron chi connectivity index (χ4n) is 1.98. The van der Waals surface area contributed by atoms with E-state index in [4.69, 9.17) is 15.0 Å². The first-order valence-corrected chi connectivity index (χ1v) is 6.34. The van der Waals surface area contributed by atoms with Gasteiger partial charge in [0, 0.05) is 24.9 Å². The molecule has 1 heterocycles. The molecule has 0 radical (unpaired) electrons. The highest BCUT2D eigenvalue weighted by molar-refractivity contribution is 5.73. The number of methoxy groups -OCH3 is 1. The molecule has 0 aliphatic carbocycles. The standard InChI is InChI=1S/C13H16N4O4/c1-7(2)11(20-3)12-15-13(21-16-12)9-6-8(17(18)19)4-5-10(9)14/h4-7,11H,14H2,1-3H3. The van der Waals surface area contributed by atoms with Crippen LogP contribution in [0.1, 0.15) is 25.8 Å². The highest BCUT2D eigenvalue weighted by Crippen LogP contribution is 2.30. The van der Waals surface area contributed by atoms with E-state index in [1.54, 1.807) is 7.11 Å². The molecule has 0 saturated heterocycles. The van der Waals surface area contributed by atoms with E-state index in [9.17, 15) is 10.1 Å². The molecular weight excluding hydrogens is 276 g/mol. The first kappa shape index (κ1) is 14.9. The number of nitro benzene ring substituents is 1. The van der Waals surface area contributed by atoms with Gasteiger partial charge in [-0.25, -0.2) is 0 Å². The maximum Gasteiger partial charge on any atom is 0.270 e. The number of benzene rings is 1. The Morgan fingerprint density at radius 3 is 2.71 bits per heavy atom. The topological polar surface area (TPSA) is 117 Å². The van der Waals surface area contributed by atoms with E-state index >= 15 is 0 Å². The minimum atomic E-state index is -0.508. The van der Waals surface area contributed by atoms with Crippen LogP contribution in [0.25, 0.3) is 11.5 Å². The second-order valence-electron chi connectivity index (χ2n) is 4.89. The zero-order valence-electron chi connectivity index (χ0n) is 11.9. The molecule has 8 nitrogen and oxygen atoms in total. The van der Waals surface area contributed by atoms with Crippen LogP contribution >= 0.6 is 0 Å². The summed E-state index contributed by atoms with van der Waals surface area (Å²) >= 11 is 0. The van der Waals surface area contributed by atoms with Crippen molar-refractivity contribution in [2.45, 2.75) is 20.0 Å². The third-order valence-corrected chi connectivity index (χ3v) is 3.03. The van der Waals surface area contributed by atoms with E-state index in [0.717, 1.165) is 0 Å². The van der Waals surface area contributed by atoms with E-state index in [1.165, 1.54) is 18.2 Å². The normalized spacial score (nSPS) is 12.6. The predicted molar refractivity (Wildman–Crippen MR) is 75.4 cm³/mol. The number of ether oxygens (including phenoxy) is 1. The van der Waals surface area contributed by atoms with Crippen molar-refractivity contribution in [2.75, 3.05) is 12.8 Å². The summed E-state index contributed by atoms with van der Waals surface area (Å²) in [5.41, 5.74) is 6.39. The predicted octanol–water partition coefficient (Wildman–Crippen LogP) is 2.57. The quantitative estimate of drug-likeness (QED) is 0.511. The zero-order valence-corrected chi connectivity index (χ0v) is 11.9. The number of rotatable bonds is 5. The van der Waals surface area contributed by atoms with Gasteiger partial charge in [0.2, 0.25) is 5.82 Å². The van der Waals surface area contributed by atoms with Crippen LogP contribution in [0.5, 0.6) is 0 Å². The Morgan fingerprint density at radius 2 is 2.14 bits per heavy atom. The Morgan fingerprint density at radius 1 is 1.43 bits per heavy atom. The summed E-state index contributed by atoms with van der Waals surface area (Å²) in [4.78, 5) is 14.5. The van der Waals surface area contributed by atoms with Crippen molar-refractivity contribution in [3.05, 3.63) is 34.1 Å². The van der Waals surface area contributed by atoms with Crippen molar-refractivity contribution in [2.24, 2.45) is 5.92 Å². The van der Waals surface area contributed by atoms with Crippen LogP contribution in [0.15, 0.2) is 22.7 Å². The number of hydrogen-bond acceptors (Lipinski definition) is 7. The van der Waals surface area contributed by atoms with Gasteiger partial charge in [-0.2, -0.15) is 4.98 Å². The molecule has 8 heteroatoms. The Labute approximate surface area is 121 Å². The van der Waals surface area contributed by atoms with Crippen molar-refractivity contribution in [3.8, 4) is 11.5 Å². The minimum absolute atomic E-state index is 0.0916. The van der Waals surface area contributed by atoms with Gasteiger partial charge in [0.05, 0.1) is 10.5 Å². The molecule has 0 aliphatic rings.